The average Bonchev–Trinajstić information content (AvgIpc) is 3.05. The molecule has 0 fully saturated rings. The van der Waals surface area contributed by atoms with Crippen molar-refractivity contribution in [2.45, 2.75) is 13.3 Å². The number of fused-ring (bicyclic) bond motifs is 1. The van der Waals surface area contributed by atoms with E-state index in [0.29, 0.717) is 24.7 Å². The molecule has 0 amide bonds. The lowest BCUT2D eigenvalue weighted by molar-refractivity contribution is 0.262. The molecule has 1 aromatic carbocycles. The van der Waals surface area contributed by atoms with Gasteiger partial charge in [0.15, 0.2) is 11.4 Å². The summed E-state index contributed by atoms with van der Waals surface area (Å²) in [5.74, 6) is 1.49. The maximum absolute atomic E-state index is 6.13. The van der Waals surface area contributed by atoms with Gasteiger partial charge < -0.3 is 24.5 Å². The predicted octanol–water partition coefficient (Wildman–Crippen LogP) is 3.31. The summed E-state index contributed by atoms with van der Waals surface area (Å²) in [6, 6.07) is 9.69. The van der Waals surface area contributed by atoms with Crippen LogP contribution in [0.2, 0.25) is 0 Å². The van der Waals surface area contributed by atoms with E-state index in [1.54, 1.807) is 0 Å². The molecule has 2 aromatic heterocycles. The van der Waals surface area contributed by atoms with Gasteiger partial charge in [-0.3, -0.25) is 0 Å². The van der Waals surface area contributed by atoms with Gasteiger partial charge in [-0.1, -0.05) is 6.92 Å². The Morgan fingerprint density at radius 3 is 2.65 bits per heavy atom. The molecule has 0 radical (unpaired) electrons. The molecule has 0 bridgehead atoms. The van der Waals surface area contributed by atoms with E-state index < -0.39 is 0 Å². The predicted molar refractivity (Wildman–Crippen MR) is 105 cm³/mol. The third-order valence-electron chi connectivity index (χ3n) is 4.01. The summed E-state index contributed by atoms with van der Waals surface area (Å²) < 4.78 is 13.5. The van der Waals surface area contributed by atoms with Gasteiger partial charge in [0.25, 0.3) is 0 Å². The van der Waals surface area contributed by atoms with Gasteiger partial charge >= 0.3 is 0 Å². The molecule has 3 aromatic rings. The van der Waals surface area contributed by atoms with Crippen LogP contribution in [0.15, 0.2) is 42.7 Å². The van der Waals surface area contributed by atoms with E-state index in [1.807, 2.05) is 61.2 Å². The van der Waals surface area contributed by atoms with Crippen LogP contribution in [0.5, 0.6) is 11.5 Å². The van der Waals surface area contributed by atoms with E-state index in [4.69, 9.17) is 20.2 Å². The van der Waals surface area contributed by atoms with E-state index in [2.05, 4.69) is 11.8 Å². The van der Waals surface area contributed by atoms with Crippen molar-refractivity contribution in [2.24, 2.45) is 0 Å². The van der Waals surface area contributed by atoms with Gasteiger partial charge in [0.05, 0.1) is 18.0 Å². The highest BCUT2D eigenvalue weighted by Gasteiger charge is 2.11. The summed E-state index contributed by atoms with van der Waals surface area (Å²) in [5.41, 5.74) is 9.35. The fraction of sp³-hybridized carbons (Fsp3) is 0.350. The number of aromatic nitrogens is 2. The van der Waals surface area contributed by atoms with Crippen LogP contribution in [-0.4, -0.2) is 48.1 Å². The number of nitrogens with zero attached hydrogens (tertiary/aromatic N) is 3. The number of benzene rings is 1. The van der Waals surface area contributed by atoms with Gasteiger partial charge in [0.1, 0.15) is 12.4 Å². The van der Waals surface area contributed by atoms with Gasteiger partial charge in [-0.2, -0.15) is 0 Å². The highest BCUT2D eigenvalue weighted by atomic mass is 16.5. The number of nitrogens with two attached hydrogens (primary N) is 1. The molecule has 0 aliphatic carbocycles. The van der Waals surface area contributed by atoms with Crippen molar-refractivity contribution in [2.75, 3.05) is 39.6 Å². The highest BCUT2D eigenvalue weighted by Crippen LogP contribution is 2.30. The molecule has 3 rings (SSSR count). The van der Waals surface area contributed by atoms with Gasteiger partial charge in [-0.25, -0.2) is 4.98 Å². The largest absolute Gasteiger partial charge is 0.491 e. The second-order valence-electron chi connectivity index (χ2n) is 6.48. The Morgan fingerprint density at radius 1 is 1.12 bits per heavy atom. The first-order chi connectivity index (χ1) is 12.6. The fourth-order valence-electron chi connectivity index (χ4n) is 2.63. The number of imidazole rings is 1. The lowest BCUT2D eigenvalue weighted by Crippen LogP contribution is -2.19. The average molecular weight is 354 g/mol. The van der Waals surface area contributed by atoms with Gasteiger partial charge in [-0.05, 0) is 50.8 Å². The Morgan fingerprint density at radius 2 is 1.92 bits per heavy atom. The first kappa shape index (κ1) is 18.1. The SMILES string of the molecule is CCCOc1ccc(-c2cn3cccc(OCCN(C)C)c3n2)cc1N. The van der Waals surface area contributed by atoms with Crippen LogP contribution in [0.25, 0.3) is 16.9 Å². The molecule has 0 aliphatic heterocycles. The van der Waals surface area contributed by atoms with Crippen LogP contribution in [0.1, 0.15) is 13.3 Å². The quantitative estimate of drug-likeness (QED) is 0.629. The third kappa shape index (κ3) is 4.08. The van der Waals surface area contributed by atoms with E-state index in [0.717, 1.165) is 35.6 Å². The lowest BCUT2D eigenvalue weighted by Gasteiger charge is -2.11. The summed E-state index contributed by atoms with van der Waals surface area (Å²) in [4.78, 5) is 6.83. The summed E-state index contributed by atoms with van der Waals surface area (Å²) in [7, 11) is 4.05. The summed E-state index contributed by atoms with van der Waals surface area (Å²) in [6.45, 7) is 4.20. The smallest absolute Gasteiger partial charge is 0.180 e. The number of pyridine rings is 1. The first-order valence-electron chi connectivity index (χ1n) is 8.86. The minimum absolute atomic E-state index is 0.616. The fourth-order valence-corrected chi connectivity index (χ4v) is 2.63. The summed E-state index contributed by atoms with van der Waals surface area (Å²) in [5, 5.41) is 0. The molecule has 26 heavy (non-hydrogen) atoms. The van der Waals surface area contributed by atoms with Crippen molar-refractivity contribution in [1.82, 2.24) is 14.3 Å². The molecule has 0 atom stereocenters. The molecule has 0 saturated carbocycles. The topological polar surface area (TPSA) is 65.0 Å². The van der Waals surface area contributed by atoms with Crippen molar-refractivity contribution >= 4 is 11.3 Å². The monoisotopic (exact) mass is 354 g/mol. The first-order valence-corrected chi connectivity index (χ1v) is 8.86. The van der Waals surface area contributed by atoms with Gasteiger partial charge in [0, 0.05) is 24.5 Å². The zero-order chi connectivity index (χ0) is 18.5. The number of rotatable bonds is 8. The minimum atomic E-state index is 0.616. The molecule has 0 spiro atoms. The Bertz CT molecular complexity index is 873. The van der Waals surface area contributed by atoms with Gasteiger partial charge in [0.2, 0.25) is 0 Å². The zero-order valence-corrected chi connectivity index (χ0v) is 15.6. The van der Waals surface area contributed by atoms with Crippen molar-refractivity contribution in [3.8, 4) is 22.8 Å². The maximum Gasteiger partial charge on any atom is 0.180 e. The second kappa shape index (κ2) is 8.10. The number of ether oxygens (including phenoxy) is 2. The summed E-state index contributed by atoms with van der Waals surface area (Å²) in [6.07, 6.45) is 4.90. The number of hydrogen-bond donors (Lipinski definition) is 1. The maximum atomic E-state index is 6.13. The van der Waals surface area contributed by atoms with Gasteiger partial charge in [-0.15, -0.1) is 0 Å². The molecule has 0 aliphatic rings. The standard InChI is InChI=1S/C20H26N4O2/c1-4-11-25-18-8-7-15(13-16(18)21)17-14-24-9-5-6-19(20(24)22-17)26-12-10-23(2)3/h5-9,13-14H,4,10-12,21H2,1-3H3. The van der Waals surface area contributed by atoms with Crippen molar-refractivity contribution in [3.63, 3.8) is 0 Å². The van der Waals surface area contributed by atoms with Crippen LogP contribution in [0, 0.1) is 0 Å². The number of anilines is 1. The lowest BCUT2D eigenvalue weighted by atomic mass is 10.1. The molecule has 0 saturated heterocycles. The Balaban J connectivity index is 1.86. The molecule has 2 N–H and O–H groups in total. The van der Waals surface area contributed by atoms with E-state index in [1.165, 1.54) is 0 Å². The number of likely N-dealkylation sites (N-methyl/N-ethyl adjacent to an activating group) is 1. The molecular formula is C20H26N4O2. The Labute approximate surface area is 154 Å². The molecule has 6 nitrogen and oxygen atoms in total. The van der Waals surface area contributed by atoms with Crippen LogP contribution >= 0.6 is 0 Å². The van der Waals surface area contributed by atoms with Crippen LogP contribution in [-0.2, 0) is 0 Å². The number of nitrogen functional groups attached to an aromatic ring is 1. The van der Waals surface area contributed by atoms with Crippen LogP contribution in [0.3, 0.4) is 0 Å². The van der Waals surface area contributed by atoms with Crippen LogP contribution < -0.4 is 15.2 Å². The minimum Gasteiger partial charge on any atom is -0.491 e. The summed E-state index contributed by atoms with van der Waals surface area (Å²) >= 11 is 0. The van der Waals surface area contributed by atoms with E-state index in [-0.39, 0.29) is 0 Å². The molecule has 6 heteroatoms. The highest BCUT2D eigenvalue weighted by molar-refractivity contribution is 5.71. The third-order valence-corrected chi connectivity index (χ3v) is 4.01. The number of hydrogen-bond acceptors (Lipinski definition) is 5. The molecule has 2 heterocycles. The Kier molecular flexibility index (Phi) is 5.63. The molecule has 138 valence electrons. The Hall–Kier alpha value is -2.73. The van der Waals surface area contributed by atoms with Crippen molar-refractivity contribution < 1.29 is 9.47 Å². The van der Waals surface area contributed by atoms with E-state index >= 15 is 0 Å². The second-order valence-corrected chi connectivity index (χ2v) is 6.48. The molecular weight excluding hydrogens is 328 g/mol. The van der Waals surface area contributed by atoms with E-state index in [9.17, 15) is 0 Å². The normalized spacial score (nSPS) is 11.2. The van der Waals surface area contributed by atoms with Crippen molar-refractivity contribution in [1.29, 1.82) is 0 Å². The molecule has 0 unspecified atom stereocenters. The van der Waals surface area contributed by atoms with Crippen LogP contribution in [0.4, 0.5) is 5.69 Å². The van der Waals surface area contributed by atoms with Crippen molar-refractivity contribution in [3.05, 3.63) is 42.7 Å². The zero-order valence-electron chi connectivity index (χ0n) is 15.6.